The van der Waals surface area contributed by atoms with Crippen LogP contribution in [0.15, 0.2) is 18.5 Å². The summed E-state index contributed by atoms with van der Waals surface area (Å²) in [4.78, 5) is 4.38. The lowest BCUT2D eigenvalue weighted by Gasteiger charge is -2.23. The number of fused-ring (bicyclic) bond motifs is 1. The molecule has 2 N–H and O–H groups in total. The number of rotatable bonds is 5. The Balaban J connectivity index is 2.26. The van der Waals surface area contributed by atoms with Crippen molar-refractivity contribution in [3.63, 3.8) is 0 Å². The van der Waals surface area contributed by atoms with E-state index in [1.54, 1.807) is 6.20 Å². The molecule has 5 nitrogen and oxygen atoms in total. The SMILES string of the molecule is CCCC(C)(O)CNc1nccn2nc(C(C)(C)C)cc12. The molecule has 0 saturated heterocycles. The molecule has 0 spiro atoms. The van der Waals surface area contributed by atoms with E-state index < -0.39 is 5.60 Å². The third-order valence-corrected chi connectivity index (χ3v) is 3.58. The average molecular weight is 290 g/mol. The van der Waals surface area contributed by atoms with Crippen LogP contribution in [-0.2, 0) is 5.41 Å². The first-order valence-corrected chi connectivity index (χ1v) is 7.54. The summed E-state index contributed by atoms with van der Waals surface area (Å²) in [6, 6.07) is 2.06. The van der Waals surface area contributed by atoms with Crippen molar-refractivity contribution in [3.8, 4) is 0 Å². The Kier molecular flexibility index (Phi) is 4.23. The van der Waals surface area contributed by atoms with Crippen molar-refractivity contribution in [1.29, 1.82) is 0 Å². The van der Waals surface area contributed by atoms with Crippen LogP contribution in [0, 0.1) is 0 Å². The fourth-order valence-corrected chi connectivity index (χ4v) is 2.33. The van der Waals surface area contributed by atoms with E-state index >= 15 is 0 Å². The van der Waals surface area contributed by atoms with Gasteiger partial charge < -0.3 is 10.4 Å². The van der Waals surface area contributed by atoms with Crippen LogP contribution in [0.1, 0.15) is 53.2 Å². The van der Waals surface area contributed by atoms with Crippen LogP contribution in [0.4, 0.5) is 5.82 Å². The molecule has 0 radical (unpaired) electrons. The number of aliphatic hydroxyl groups is 1. The van der Waals surface area contributed by atoms with Gasteiger partial charge in [-0.15, -0.1) is 0 Å². The van der Waals surface area contributed by atoms with Gasteiger partial charge in [-0.3, -0.25) is 0 Å². The van der Waals surface area contributed by atoms with Gasteiger partial charge in [0.25, 0.3) is 0 Å². The largest absolute Gasteiger partial charge is 0.388 e. The van der Waals surface area contributed by atoms with E-state index in [2.05, 4.69) is 49.2 Å². The molecule has 0 saturated carbocycles. The van der Waals surface area contributed by atoms with Gasteiger partial charge in [-0.1, -0.05) is 34.1 Å². The number of anilines is 1. The van der Waals surface area contributed by atoms with E-state index in [-0.39, 0.29) is 5.41 Å². The summed E-state index contributed by atoms with van der Waals surface area (Å²) < 4.78 is 1.84. The van der Waals surface area contributed by atoms with Crippen LogP contribution in [0.2, 0.25) is 0 Å². The molecule has 0 aliphatic heterocycles. The summed E-state index contributed by atoms with van der Waals surface area (Å²) in [6.45, 7) is 10.8. The Morgan fingerprint density at radius 1 is 1.29 bits per heavy atom. The number of hydrogen-bond acceptors (Lipinski definition) is 4. The average Bonchev–Trinajstić information content (AvgIpc) is 2.80. The quantitative estimate of drug-likeness (QED) is 0.888. The minimum Gasteiger partial charge on any atom is -0.388 e. The third-order valence-electron chi connectivity index (χ3n) is 3.58. The fraction of sp³-hybridized carbons (Fsp3) is 0.625. The Morgan fingerprint density at radius 3 is 2.62 bits per heavy atom. The summed E-state index contributed by atoms with van der Waals surface area (Å²) >= 11 is 0. The fourth-order valence-electron chi connectivity index (χ4n) is 2.33. The Labute approximate surface area is 126 Å². The highest BCUT2D eigenvalue weighted by Crippen LogP contribution is 2.25. The zero-order chi connectivity index (χ0) is 15.7. The minimum atomic E-state index is -0.726. The van der Waals surface area contributed by atoms with Gasteiger partial charge >= 0.3 is 0 Å². The molecule has 0 amide bonds. The first-order valence-electron chi connectivity index (χ1n) is 7.54. The zero-order valence-corrected chi connectivity index (χ0v) is 13.6. The zero-order valence-electron chi connectivity index (χ0n) is 13.6. The van der Waals surface area contributed by atoms with E-state index in [0.29, 0.717) is 6.54 Å². The molecule has 2 aromatic heterocycles. The van der Waals surface area contributed by atoms with E-state index in [4.69, 9.17) is 0 Å². The third kappa shape index (κ3) is 3.73. The molecule has 1 unspecified atom stereocenters. The van der Waals surface area contributed by atoms with Crippen LogP contribution in [0.5, 0.6) is 0 Å². The van der Waals surface area contributed by atoms with Crippen molar-refractivity contribution >= 4 is 11.3 Å². The highest BCUT2D eigenvalue weighted by atomic mass is 16.3. The van der Waals surface area contributed by atoms with Crippen molar-refractivity contribution < 1.29 is 5.11 Å². The predicted molar refractivity (Wildman–Crippen MR) is 85.7 cm³/mol. The standard InChI is InChI=1S/C16H26N4O/c1-6-7-16(5,21)11-18-14-12-10-13(15(2,3)4)19-20(12)9-8-17-14/h8-10,21H,6-7,11H2,1-5H3,(H,17,18). The monoisotopic (exact) mass is 290 g/mol. The van der Waals surface area contributed by atoms with Gasteiger partial charge in [0.2, 0.25) is 0 Å². The number of nitrogens with zero attached hydrogens (tertiary/aromatic N) is 3. The van der Waals surface area contributed by atoms with Crippen LogP contribution >= 0.6 is 0 Å². The van der Waals surface area contributed by atoms with E-state index in [0.717, 1.165) is 29.9 Å². The second kappa shape index (κ2) is 5.64. The van der Waals surface area contributed by atoms with Gasteiger partial charge in [-0.2, -0.15) is 5.10 Å². The van der Waals surface area contributed by atoms with Crippen LogP contribution < -0.4 is 5.32 Å². The minimum absolute atomic E-state index is 0.00298. The van der Waals surface area contributed by atoms with Gasteiger partial charge in [0, 0.05) is 24.4 Å². The van der Waals surface area contributed by atoms with Crippen molar-refractivity contribution in [2.45, 2.75) is 58.5 Å². The second-order valence-corrected chi connectivity index (χ2v) is 6.99. The summed E-state index contributed by atoms with van der Waals surface area (Å²) in [5.74, 6) is 0.761. The Hall–Kier alpha value is -1.62. The van der Waals surface area contributed by atoms with Crippen molar-refractivity contribution in [1.82, 2.24) is 14.6 Å². The molecule has 2 aromatic rings. The number of aromatic nitrogens is 3. The molecule has 2 rings (SSSR count). The molecule has 116 valence electrons. The Morgan fingerprint density at radius 2 is 2.00 bits per heavy atom. The Bertz CT molecular complexity index is 610. The van der Waals surface area contributed by atoms with Crippen molar-refractivity contribution in [2.24, 2.45) is 0 Å². The lowest BCUT2D eigenvalue weighted by atomic mass is 9.92. The molecule has 0 aliphatic carbocycles. The molecule has 5 heteroatoms. The van der Waals surface area contributed by atoms with Crippen LogP contribution in [-0.4, -0.2) is 31.9 Å². The normalized spacial score (nSPS) is 15.1. The lowest BCUT2D eigenvalue weighted by molar-refractivity contribution is 0.0636. The molecule has 2 heterocycles. The number of nitrogens with one attached hydrogen (secondary N) is 1. The number of hydrogen-bond donors (Lipinski definition) is 2. The van der Waals surface area contributed by atoms with Crippen molar-refractivity contribution in [3.05, 3.63) is 24.2 Å². The maximum absolute atomic E-state index is 10.3. The topological polar surface area (TPSA) is 62.5 Å². The first kappa shape index (κ1) is 15.8. The molecule has 0 aliphatic rings. The summed E-state index contributed by atoms with van der Waals surface area (Å²) in [7, 11) is 0. The molecule has 21 heavy (non-hydrogen) atoms. The highest BCUT2D eigenvalue weighted by Gasteiger charge is 2.21. The second-order valence-electron chi connectivity index (χ2n) is 6.99. The van der Waals surface area contributed by atoms with Gasteiger partial charge in [0.15, 0.2) is 5.82 Å². The molecule has 0 bridgehead atoms. The van der Waals surface area contributed by atoms with Crippen molar-refractivity contribution in [2.75, 3.05) is 11.9 Å². The van der Waals surface area contributed by atoms with Crippen LogP contribution in [0.3, 0.4) is 0 Å². The molecule has 1 atom stereocenters. The first-order chi connectivity index (χ1) is 9.73. The van der Waals surface area contributed by atoms with Gasteiger partial charge in [-0.25, -0.2) is 9.50 Å². The van der Waals surface area contributed by atoms with Crippen LogP contribution in [0.25, 0.3) is 5.52 Å². The molecule has 0 aromatic carbocycles. The maximum atomic E-state index is 10.3. The smallest absolute Gasteiger partial charge is 0.152 e. The van der Waals surface area contributed by atoms with Gasteiger partial charge in [0.05, 0.1) is 11.3 Å². The lowest BCUT2D eigenvalue weighted by Crippen LogP contribution is -2.33. The highest BCUT2D eigenvalue weighted by molar-refractivity contribution is 5.68. The summed E-state index contributed by atoms with van der Waals surface area (Å²) in [6.07, 6.45) is 5.28. The molecular weight excluding hydrogens is 264 g/mol. The predicted octanol–water partition coefficient (Wildman–Crippen LogP) is 2.99. The summed E-state index contributed by atoms with van der Waals surface area (Å²) in [5, 5.41) is 18.1. The maximum Gasteiger partial charge on any atom is 0.152 e. The molecule has 0 fully saturated rings. The van der Waals surface area contributed by atoms with E-state index in [1.807, 2.05) is 17.6 Å². The van der Waals surface area contributed by atoms with E-state index in [1.165, 1.54) is 0 Å². The van der Waals surface area contributed by atoms with Gasteiger partial charge in [0.1, 0.15) is 5.52 Å². The summed E-state index contributed by atoms with van der Waals surface area (Å²) in [5.41, 5.74) is 1.24. The van der Waals surface area contributed by atoms with Gasteiger partial charge in [-0.05, 0) is 19.4 Å². The molecular formula is C16H26N4O. The van der Waals surface area contributed by atoms with E-state index in [9.17, 15) is 5.11 Å².